The molecule has 0 saturated carbocycles. The fourth-order valence-electron chi connectivity index (χ4n) is 2.57. The minimum absolute atomic E-state index is 0.518. The Morgan fingerprint density at radius 1 is 1.59 bits per heavy atom. The molecule has 0 aliphatic carbocycles. The molecule has 1 aromatic rings. The van der Waals surface area contributed by atoms with Crippen molar-refractivity contribution in [2.24, 2.45) is 0 Å². The number of hydrogen-bond acceptors (Lipinski definition) is 4. The Hall–Kier alpha value is -0.450. The second-order valence-corrected chi connectivity index (χ2v) is 5.63. The molecule has 0 aromatic carbocycles. The monoisotopic (exact) mass is 253 g/mol. The second kappa shape index (κ2) is 6.47. The zero-order valence-electron chi connectivity index (χ0n) is 10.9. The minimum Gasteiger partial charge on any atom is -0.313 e. The average molecular weight is 253 g/mol. The quantitative estimate of drug-likeness (QED) is 0.894. The Balaban J connectivity index is 2.07. The van der Waals surface area contributed by atoms with E-state index in [2.05, 4.69) is 34.4 Å². The Morgan fingerprint density at radius 2 is 2.47 bits per heavy atom. The van der Waals surface area contributed by atoms with Crippen LogP contribution in [0.5, 0.6) is 0 Å². The fourth-order valence-corrected chi connectivity index (χ4v) is 3.43. The first-order chi connectivity index (χ1) is 8.35. The molecular weight excluding hydrogens is 230 g/mol. The van der Waals surface area contributed by atoms with Gasteiger partial charge in [0.2, 0.25) is 0 Å². The Kier molecular flexibility index (Phi) is 4.95. The highest BCUT2D eigenvalue weighted by Crippen LogP contribution is 2.27. The van der Waals surface area contributed by atoms with Crippen molar-refractivity contribution in [1.29, 1.82) is 0 Å². The molecule has 2 atom stereocenters. The molecule has 2 rings (SSSR count). The highest BCUT2D eigenvalue weighted by molar-refractivity contribution is 7.09. The summed E-state index contributed by atoms with van der Waals surface area (Å²) in [5, 5.41) is 7.00. The molecule has 0 radical (unpaired) electrons. The summed E-state index contributed by atoms with van der Waals surface area (Å²) in [6.45, 7) is 8.05. The van der Waals surface area contributed by atoms with Gasteiger partial charge in [-0.3, -0.25) is 4.90 Å². The summed E-state index contributed by atoms with van der Waals surface area (Å²) in [7, 11) is 0. The van der Waals surface area contributed by atoms with Crippen LogP contribution in [0.25, 0.3) is 0 Å². The van der Waals surface area contributed by atoms with Gasteiger partial charge in [0.15, 0.2) is 0 Å². The summed E-state index contributed by atoms with van der Waals surface area (Å²) >= 11 is 1.79. The van der Waals surface area contributed by atoms with E-state index in [1.165, 1.54) is 24.4 Å². The Morgan fingerprint density at radius 3 is 3.12 bits per heavy atom. The molecule has 4 heteroatoms. The van der Waals surface area contributed by atoms with E-state index in [-0.39, 0.29) is 0 Å². The zero-order valence-corrected chi connectivity index (χ0v) is 11.7. The lowest BCUT2D eigenvalue weighted by atomic mass is 10.1. The van der Waals surface area contributed by atoms with Crippen LogP contribution >= 0.6 is 11.3 Å². The van der Waals surface area contributed by atoms with Crippen LogP contribution in [-0.4, -0.2) is 35.6 Å². The van der Waals surface area contributed by atoms with E-state index in [1.807, 2.05) is 6.20 Å². The Labute approximate surface area is 108 Å². The summed E-state index contributed by atoms with van der Waals surface area (Å²) < 4.78 is 0. The molecule has 2 heterocycles. The molecule has 1 aromatic heterocycles. The van der Waals surface area contributed by atoms with Crippen LogP contribution in [-0.2, 0) is 0 Å². The van der Waals surface area contributed by atoms with E-state index < -0.39 is 0 Å². The van der Waals surface area contributed by atoms with E-state index in [9.17, 15) is 0 Å². The largest absolute Gasteiger partial charge is 0.313 e. The maximum Gasteiger partial charge on any atom is 0.110 e. The number of nitrogens with zero attached hydrogens (tertiary/aromatic N) is 2. The molecule has 1 aliphatic heterocycles. The van der Waals surface area contributed by atoms with Gasteiger partial charge in [0.1, 0.15) is 5.01 Å². The molecule has 2 unspecified atom stereocenters. The van der Waals surface area contributed by atoms with Crippen LogP contribution in [0.2, 0.25) is 0 Å². The highest BCUT2D eigenvalue weighted by atomic mass is 32.1. The van der Waals surface area contributed by atoms with Gasteiger partial charge in [0, 0.05) is 30.7 Å². The molecule has 3 nitrogen and oxygen atoms in total. The summed E-state index contributed by atoms with van der Waals surface area (Å²) in [6.07, 6.45) is 5.54. The van der Waals surface area contributed by atoms with Crippen molar-refractivity contribution in [2.75, 3.05) is 19.6 Å². The molecule has 17 heavy (non-hydrogen) atoms. The predicted molar refractivity (Wildman–Crippen MR) is 73.4 cm³/mol. The van der Waals surface area contributed by atoms with Gasteiger partial charge < -0.3 is 5.32 Å². The van der Waals surface area contributed by atoms with Crippen molar-refractivity contribution in [3.05, 3.63) is 16.6 Å². The molecular formula is C13H23N3S. The van der Waals surface area contributed by atoms with Gasteiger partial charge in [0.25, 0.3) is 0 Å². The van der Waals surface area contributed by atoms with Crippen LogP contribution in [0.15, 0.2) is 11.6 Å². The van der Waals surface area contributed by atoms with Gasteiger partial charge in [-0.15, -0.1) is 11.3 Å². The van der Waals surface area contributed by atoms with Crippen LogP contribution < -0.4 is 5.32 Å². The molecule has 0 amide bonds. The molecule has 1 fully saturated rings. The lowest BCUT2D eigenvalue weighted by Crippen LogP contribution is -2.38. The molecule has 96 valence electrons. The summed E-state index contributed by atoms with van der Waals surface area (Å²) in [5.41, 5.74) is 0. The van der Waals surface area contributed by atoms with Crippen molar-refractivity contribution in [2.45, 2.75) is 45.2 Å². The molecule has 1 aliphatic rings. The van der Waals surface area contributed by atoms with Gasteiger partial charge in [-0.2, -0.15) is 0 Å². The number of aromatic nitrogens is 1. The van der Waals surface area contributed by atoms with Gasteiger partial charge in [-0.1, -0.05) is 13.8 Å². The van der Waals surface area contributed by atoms with E-state index in [0.29, 0.717) is 12.1 Å². The maximum absolute atomic E-state index is 4.50. The summed E-state index contributed by atoms with van der Waals surface area (Å²) in [4.78, 5) is 7.12. The third-order valence-corrected chi connectivity index (χ3v) is 4.44. The van der Waals surface area contributed by atoms with Crippen molar-refractivity contribution < 1.29 is 0 Å². The van der Waals surface area contributed by atoms with Crippen molar-refractivity contribution in [3.8, 4) is 0 Å². The Bertz CT molecular complexity index is 312. The highest BCUT2D eigenvalue weighted by Gasteiger charge is 2.24. The fraction of sp³-hybridized carbons (Fsp3) is 0.769. The lowest BCUT2D eigenvalue weighted by molar-refractivity contribution is 0.187. The molecule has 0 spiro atoms. The second-order valence-electron chi connectivity index (χ2n) is 4.70. The normalized spacial score (nSPS) is 24.5. The van der Waals surface area contributed by atoms with E-state index in [4.69, 9.17) is 0 Å². The average Bonchev–Trinajstić information content (AvgIpc) is 2.76. The summed E-state index contributed by atoms with van der Waals surface area (Å²) in [5.74, 6) is 0. The number of rotatable bonds is 4. The first-order valence-corrected chi connectivity index (χ1v) is 7.60. The van der Waals surface area contributed by atoms with E-state index in [0.717, 1.165) is 19.5 Å². The van der Waals surface area contributed by atoms with Crippen molar-refractivity contribution in [3.63, 3.8) is 0 Å². The SMILES string of the molecule is CCC1CN(C(CC)c2nccs2)CCCN1. The van der Waals surface area contributed by atoms with Crippen LogP contribution in [0.4, 0.5) is 0 Å². The number of thiazole rings is 1. The predicted octanol–water partition coefficient (Wildman–Crippen LogP) is 2.67. The maximum atomic E-state index is 4.50. The van der Waals surface area contributed by atoms with Crippen molar-refractivity contribution in [1.82, 2.24) is 15.2 Å². The van der Waals surface area contributed by atoms with Gasteiger partial charge in [-0.25, -0.2) is 4.98 Å². The standard InChI is InChI=1S/C13H23N3S/c1-3-11-10-16(8-5-6-14-11)12(4-2)13-15-7-9-17-13/h7,9,11-12,14H,3-6,8,10H2,1-2H3. The topological polar surface area (TPSA) is 28.2 Å². The van der Waals surface area contributed by atoms with E-state index >= 15 is 0 Å². The molecule has 0 bridgehead atoms. The van der Waals surface area contributed by atoms with Crippen LogP contribution in [0.1, 0.15) is 44.2 Å². The number of nitrogens with one attached hydrogen (secondary N) is 1. The number of hydrogen-bond donors (Lipinski definition) is 1. The van der Waals surface area contributed by atoms with Crippen LogP contribution in [0.3, 0.4) is 0 Å². The minimum atomic E-state index is 0.518. The molecule has 1 saturated heterocycles. The summed E-state index contributed by atoms with van der Waals surface area (Å²) in [6, 6.07) is 1.16. The van der Waals surface area contributed by atoms with Crippen molar-refractivity contribution >= 4 is 11.3 Å². The first kappa shape index (κ1) is 13.0. The molecule has 1 N–H and O–H groups in total. The van der Waals surface area contributed by atoms with Gasteiger partial charge in [-0.05, 0) is 25.8 Å². The lowest BCUT2D eigenvalue weighted by Gasteiger charge is -2.30. The van der Waals surface area contributed by atoms with Gasteiger partial charge >= 0.3 is 0 Å². The van der Waals surface area contributed by atoms with Gasteiger partial charge in [0.05, 0.1) is 6.04 Å². The smallest absolute Gasteiger partial charge is 0.110 e. The van der Waals surface area contributed by atoms with Crippen LogP contribution in [0, 0.1) is 0 Å². The zero-order chi connectivity index (χ0) is 12.1. The third-order valence-electron chi connectivity index (χ3n) is 3.57. The van der Waals surface area contributed by atoms with E-state index in [1.54, 1.807) is 11.3 Å². The first-order valence-electron chi connectivity index (χ1n) is 6.72. The third kappa shape index (κ3) is 3.27.